The van der Waals surface area contributed by atoms with Crippen LogP contribution in [0.15, 0.2) is 29.8 Å². The van der Waals surface area contributed by atoms with Gasteiger partial charge in [-0.05, 0) is 24.5 Å². The van der Waals surface area contributed by atoms with E-state index in [9.17, 15) is 23.2 Å². The van der Waals surface area contributed by atoms with E-state index in [0.29, 0.717) is 36.6 Å². The fourth-order valence-electron chi connectivity index (χ4n) is 2.93. The highest BCUT2D eigenvalue weighted by atomic mass is 32.1. The summed E-state index contributed by atoms with van der Waals surface area (Å²) in [7, 11) is 0. The van der Waals surface area contributed by atoms with Gasteiger partial charge in [-0.1, -0.05) is 29.5 Å². The fourth-order valence-corrected chi connectivity index (χ4v) is 3.66. The van der Waals surface area contributed by atoms with Crippen molar-refractivity contribution in [2.45, 2.75) is 19.0 Å². The molecule has 6 nitrogen and oxygen atoms in total. The van der Waals surface area contributed by atoms with E-state index in [0.717, 1.165) is 17.4 Å². The smallest absolute Gasteiger partial charge is 0.417 e. The summed E-state index contributed by atoms with van der Waals surface area (Å²) in [5, 5.41) is 26.2. The first-order chi connectivity index (χ1) is 12.8. The Morgan fingerprint density at radius 3 is 2.44 bits per heavy atom. The standard InChI is InChI=1S/C17H13F3N4O2S/c18-17(19,20)13-4-2-1-3-11(13)12(9-21)10-5-7-24(8-6-10)16-23-22-14(27-16)15(25)26/h1-4H,5-8H2,(H,25,26). The zero-order chi connectivity index (χ0) is 19.6. The SMILES string of the molecule is N#CC(=C1CCN(c2nnc(C(=O)O)s2)CC1)c1ccccc1C(F)(F)F. The van der Waals surface area contributed by atoms with Crippen LogP contribution in [0.3, 0.4) is 0 Å². The summed E-state index contributed by atoms with van der Waals surface area (Å²) in [5.41, 5.74) is -0.244. The van der Waals surface area contributed by atoms with Crippen LogP contribution in [-0.2, 0) is 6.18 Å². The molecule has 1 aliphatic heterocycles. The number of aromatic nitrogens is 2. The van der Waals surface area contributed by atoms with Crippen molar-refractivity contribution in [3.63, 3.8) is 0 Å². The summed E-state index contributed by atoms with van der Waals surface area (Å²) in [6, 6.07) is 6.99. The number of nitrogens with zero attached hydrogens (tertiary/aromatic N) is 4. The van der Waals surface area contributed by atoms with Crippen molar-refractivity contribution in [2.75, 3.05) is 18.0 Å². The van der Waals surface area contributed by atoms with E-state index in [1.165, 1.54) is 18.2 Å². The molecule has 1 fully saturated rings. The normalized spacial score (nSPS) is 14.7. The molecule has 27 heavy (non-hydrogen) atoms. The molecule has 0 amide bonds. The lowest BCUT2D eigenvalue weighted by Gasteiger charge is -2.28. The lowest BCUT2D eigenvalue weighted by molar-refractivity contribution is -0.137. The summed E-state index contributed by atoms with van der Waals surface area (Å²) in [4.78, 5) is 12.7. The van der Waals surface area contributed by atoms with E-state index >= 15 is 0 Å². The second kappa shape index (κ2) is 7.36. The number of carboxylic acid groups (broad SMARTS) is 1. The topological polar surface area (TPSA) is 90.1 Å². The van der Waals surface area contributed by atoms with E-state index in [1.54, 1.807) is 0 Å². The molecule has 0 unspecified atom stereocenters. The van der Waals surface area contributed by atoms with Gasteiger partial charge in [0, 0.05) is 18.7 Å². The van der Waals surface area contributed by atoms with Gasteiger partial charge in [-0.3, -0.25) is 0 Å². The third-order valence-corrected chi connectivity index (χ3v) is 5.17. The number of halogens is 3. The average molecular weight is 394 g/mol. The number of anilines is 1. The quantitative estimate of drug-likeness (QED) is 0.796. The third kappa shape index (κ3) is 3.93. The predicted octanol–water partition coefficient (Wildman–Crippen LogP) is 3.83. The monoisotopic (exact) mass is 394 g/mol. The van der Waals surface area contributed by atoms with Gasteiger partial charge in [0.25, 0.3) is 0 Å². The molecule has 10 heteroatoms. The number of hydrogen-bond acceptors (Lipinski definition) is 6. The van der Waals surface area contributed by atoms with Crippen molar-refractivity contribution < 1.29 is 23.1 Å². The molecule has 0 atom stereocenters. The van der Waals surface area contributed by atoms with Crippen LogP contribution in [0.4, 0.5) is 18.3 Å². The molecule has 1 N–H and O–H groups in total. The lowest BCUT2D eigenvalue weighted by atomic mass is 9.91. The van der Waals surface area contributed by atoms with Crippen LogP contribution in [0.2, 0.25) is 0 Å². The molecule has 2 heterocycles. The highest BCUT2D eigenvalue weighted by Crippen LogP contribution is 2.37. The maximum absolute atomic E-state index is 13.3. The molecule has 1 aromatic carbocycles. The van der Waals surface area contributed by atoms with Gasteiger partial charge in [0.15, 0.2) is 0 Å². The first-order valence-corrected chi connectivity index (χ1v) is 8.73. The number of nitriles is 1. The average Bonchev–Trinajstić information content (AvgIpc) is 3.13. The molecule has 0 spiro atoms. The minimum absolute atomic E-state index is 0.0473. The largest absolute Gasteiger partial charge is 0.476 e. The maximum Gasteiger partial charge on any atom is 0.417 e. The number of benzene rings is 1. The molecule has 3 rings (SSSR count). The molecule has 0 radical (unpaired) electrons. The predicted molar refractivity (Wildman–Crippen MR) is 92.3 cm³/mol. The molecular formula is C17H13F3N4O2S. The number of aromatic carboxylic acids is 1. The Bertz CT molecular complexity index is 936. The van der Waals surface area contributed by atoms with E-state index < -0.39 is 17.7 Å². The molecule has 1 aromatic heterocycles. The Kier molecular flexibility index (Phi) is 5.14. The summed E-state index contributed by atoms with van der Waals surface area (Å²) in [6.45, 7) is 0.839. The molecule has 1 saturated heterocycles. The van der Waals surface area contributed by atoms with E-state index in [2.05, 4.69) is 10.2 Å². The third-order valence-electron chi connectivity index (χ3n) is 4.20. The minimum atomic E-state index is -4.54. The van der Waals surface area contributed by atoms with Gasteiger partial charge in [-0.2, -0.15) is 18.4 Å². The van der Waals surface area contributed by atoms with Crippen molar-refractivity contribution in [1.82, 2.24) is 10.2 Å². The van der Waals surface area contributed by atoms with Gasteiger partial charge in [0.1, 0.15) is 0 Å². The molecular weight excluding hydrogens is 381 g/mol. The molecule has 1 aliphatic rings. The second-order valence-corrected chi connectivity index (χ2v) is 6.77. The van der Waals surface area contributed by atoms with Crippen LogP contribution in [0.25, 0.3) is 5.57 Å². The molecule has 2 aromatic rings. The first kappa shape index (κ1) is 18.8. The Labute approximate surface area is 156 Å². The zero-order valence-corrected chi connectivity index (χ0v) is 14.6. The number of carboxylic acids is 1. The summed E-state index contributed by atoms with van der Waals surface area (Å²) in [5.74, 6) is -1.16. The van der Waals surface area contributed by atoms with Crippen LogP contribution in [-0.4, -0.2) is 34.4 Å². The van der Waals surface area contributed by atoms with E-state index in [1.807, 2.05) is 11.0 Å². The van der Waals surface area contributed by atoms with Crippen molar-refractivity contribution in [3.8, 4) is 6.07 Å². The molecule has 0 aliphatic carbocycles. The van der Waals surface area contributed by atoms with Crippen LogP contribution in [0.5, 0.6) is 0 Å². The Hall–Kier alpha value is -2.93. The lowest BCUT2D eigenvalue weighted by Crippen LogP contribution is -2.30. The van der Waals surface area contributed by atoms with Crippen molar-refractivity contribution >= 4 is 28.0 Å². The van der Waals surface area contributed by atoms with Crippen LogP contribution in [0, 0.1) is 11.3 Å². The summed E-state index contributed by atoms with van der Waals surface area (Å²) in [6.07, 6.45) is -3.77. The Balaban J connectivity index is 1.85. The van der Waals surface area contributed by atoms with E-state index in [4.69, 9.17) is 5.11 Å². The number of allylic oxidation sites excluding steroid dienone is 1. The highest BCUT2D eigenvalue weighted by molar-refractivity contribution is 7.17. The summed E-state index contributed by atoms with van der Waals surface area (Å²) >= 11 is 0.939. The van der Waals surface area contributed by atoms with Gasteiger partial charge >= 0.3 is 12.1 Å². The fraction of sp³-hybridized carbons (Fsp3) is 0.294. The minimum Gasteiger partial charge on any atom is -0.476 e. The number of alkyl halides is 3. The Morgan fingerprint density at radius 1 is 1.22 bits per heavy atom. The van der Waals surface area contributed by atoms with Crippen molar-refractivity contribution in [2.24, 2.45) is 0 Å². The number of piperidine rings is 1. The van der Waals surface area contributed by atoms with E-state index in [-0.39, 0.29) is 16.1 Å². The second-order valence-electron chi connectivity index (χ2n) is 5.82. The first-order valence-electron chi connectivity index (χ1n) is 7.91. The van der Waals surface area contributed by atoms with Gasteiger partial charge in [0.2, 0.25) is 10.1 Å². The molecule has 0 saturated carbocycles. The number of carbonyl (C=O) groups is 1. The maximum atomic E-state index is 13.3. The van der Waals surface area contributed by atoms with Crippen molar-refractivity contribution in [1.29, 1.82) is 5.26 Å². The van der Waals surface area contributed by atoms with Gasteiger partial charge in [0.05, 0.1) is 17.2 Å². The van der Waals surface area contributed by atoms with Crippen LogP contribution in [0.1, 0.15) is 33.8 Å². The van der Waals surface area contributed by atoms with Crippen molar-refractivity contribution in [3.05, 3.63) is 46.0 Å². The van der Waals surface area contributed by atoms with Gasteiger partial charge in [-0.25, -0.2) is 4.79 Å². The van der Waals surface area contributed by atoms with Gasteiger partial charge in [-0.15, -0.1) is 10.2 Å². The number of hydrogen-bond donors (Lipinski definition) is 1. The van der Waals surface area contributed by atoms with Crippen LogP contribution >= 0.6 is 11.3 Å². The Morgan fingerprint density at radius 2 is 1.89 bits per heavy atom. The number of rotatable bonds is 3. The zero-order valence-electron chi connectivity index (χ0n) is 13.8. The molecule has 140 valence electrons. The molecule has 0 bridgehead atoms. The summed E-state index contributed by atoms with van der Waals surface area (Å²) < 4.78 is 39.8. The van der Waals surface area contributed by atoms with Gasteiger partial charge < -0.3 is 10.0 Å². The highest BCUT2D eigenvalue weighted by Gasteiger charge is 2.34. The van der Waals surface area contributed by atoms with Crippen LogP contribution < -0.4 is 4.90 Å².